The van der Waals surface area contributed by atoms with Gasteiger partial charge in [-0.1, -0.05) is 60.7 Å². The number of non-ortho nitro benzene ring substituents is 2. The summed E-state index contributed by atoms with van der Waals surface area (Å²) >= 11 is 0. The molecule has 0 bridgehead atoms. The van der Waals surface area contributed by atoms with E-state index >= 15 is 0 Å². The first-order valence-electron chi connectivity index (χ1n) is 10.9. The monoisotopic (exact) mass is 478 g/mol. The Hall–Kier alpha value is -5.38. The number of nitrogens with zero attached hydrogens (tertiary/aromatic N) is 6. The minimum absolute atomic E-state index is 0.0417. The molecule has 1 heterocycles. The van der Waals surface area contributed by atoms with Crippen LogP contribution in [0, 0.1) is 20.2 Å². The molecule has 0 aliphatic carbocycles. The molecule has 0 saturated heterocycles. The Bertz CT molecular complexity index is 1530. The number of rotatable bonds is 7. The second-order valence-corrected chi connectivity index (χ2v) is 7.76. The predicted molar refractivity (Wildman–Crippen MR) is 133 cm³/mol. The van der Waals surface area contributed by atoms with Gasteiger partial charge in [0.2, 0.25) is 5.69 Å². The van der Waals surface area contributed by atoms with Crippen LogP contribution >= 0.6 is 0 Å². The zero-order chi connectivity index (χ0) is 25.1. The lowest BCUT2D eigenvalue weighted by Gasteiger charge is -2.16. The van der Waals surface area contributed by atoms with Crippen LogP contribution in [0.25, 0.3) is 33.6 Å². The highest BCUT2D eigenvalue weighted by Crippen LogP contribution is 2.32. The van der Waals surface area contributed by atoms with Gasteiger partial charge in [0.25, 0.3) is 11.4 Å². The van der Waals surface area contributed by atoms with Gasteiger partial charge in [0.1, 0.15) is 0 Å². The van der Waals surface area contributed by atoms with Crippen LogP contribution in [0.15, 0.2) is 109 Å². The number of para-hydroxylation sites is 1. The van der Waals surface area contributed by atoms with Gasteiger partial charge in [0.05, 0.1) is 9.85 Å². The summed E-state index contributed by atoms with van der Waals surface area (Å²) in [6.45, 7) is 0. The molecular weight excluding hydrogens is 460 g/mol. The summed E-state index contributed by atoms with van der Waals surface area (Å²) in [5.41, 5.74) is 8.45. The molecule has 0 unspecified atom stereocenters. The fraction of sp³-hybridized carbons (Fsp3) is 0. The van der Waals surface area contributed by atoms with Gasteiger partial charge < -0.3 is 0 Å². The van der Waals surface area contributed by atoms with E-state index in [1.807, 2.05) is 60.7 Å². The molecule has 0 fully saturated rings. The van der Waals surface area contributed by atoms with Crippen LogP contribution in [0.4, 0.5) is 17.1 Å². The summed E-state index contributed by atoms with van der Waals surface area (Å²) in [5.74, 6) is 0. The molecule has 176 valence electrons. The summed E-state index contributed by atoms with van der Waals surface area (Å²) in [5, 5.41) is 27.3. The normalized spacial score (nSPS) is 10.7. The molecule has 5 rings (SSSR count). The topological polar surface area (TPSA) is 122 Å². The molecular formula is C26H18N6O4. The van der Waals surface area contributed by atoms with E-state index in [2.05, 4.69) is 0 Å². The van der Waals surface area contributed by atoms with Crippen molar-refractivity contribution in [1.29, 1.82) is 0 Å². The molecule has 36 heavy (non-hydrogen) atoms. The highest BCUT2D eigenvalue weighted by Gasteiger charge is 2.26. The van der Waals surface area contributed by atoms with Gasteiger partial charge in [-0.05, 0) is 35.1 Å². The summed E-state index contributed by atoms with van der Waals surface area (Å²) in [4.78, 5) is 24.7. The zero-order valence-corrected chi connectivity index (χ0v) is 18.7. The maximum absolute atomic E-state index is 11.2. The molecule has 0 amide bonds. The Balaban J connectivity index is 1.77. The van der Waals surface area contributed by atoms with Crippen molar-refractivity contribution in [2.75, 3.05) is 0 Å². The molecule has 1 aromatic heterocycles. The fourth-order valence-electron chi connectivity index (χ4n) is 3.73. The molecule has 0 atom stereocenters. The third-order valence-electron chi connectivity index (χ3n) is 5.46. The zero-order valence-electron chi connectivity index (χ0n) is 18.7. The molecule has 0 aliphatic rings. The van der Waals surface area contributed by atoms with Crippen molar-refractivity contribution in [3.63, 3.8) is 0 Å². The number of hydrogen-bond donors (Lipinski definition) is 0. The van der Waals surface area contributed by atoms with Crippen LogP contribution in [0.3, 0.4) is 0 Å². The van der Waals surface area contributed by atoms with E-state index in [1.54, 1.807) is 33.9 Å². The van der Waals surface area contributed by atoms with Crippen LogP contribution < -0.4 is 4.79 Å². The van der Waals surface area contributed by atoms with Crippen LogP contribution in [-0.2, 0) is 0 Å². The van der Waals surface area contributed by atoms with Crippen molar-refractivity contribution in [2.45, 2.75) is 0 Å². The van der Waals surface area contributed by atoms with Crippen molar-refractivity contribution < 1.29 is 14.6 Å². The molecule has 0 spiro atoms. The Morgan fingerprint density at radius 1 is 0.667 bits per heavy atom. The minimum Gasteiger partial charge on any atom is -0.271 e. The van der Waals surface area contributed by atoms with Gasteiger partial charge in [-0.2, -0.15) is 4.79 Å². The molecule has 0 radical (unpaired) electrons. The van der Waals surface area contributed by atoms with Crippen molar-refractivity contribution in [1.82, 2.24) is 9.90 Å². The van der Waals surface area contributed by atoms with Gasteiger partial charge in [0, 0.05) is 41.1 Å². The average molecular weight is 478 g/mol. The molecule has 0 saturated carbocycles. The first kappa shape index (κ1) is 22.4. The lowest BCUT2D eigenvalue weighted by molar-refractivity contribution is -0.690. The number of nitro groups is 2. The lowest BCUT2D eigenvalue weighted by atomic mass is 10.0. The number of benzene rings is 4. The standard InChI is InChI=1S/C26H18N6O4/c33-31(34)23-15-11-19(12-16-23)25-26(20-13-17-24(18-14-20)32(35)36)30(27-21-7-3-1-4-8-21)29(28-25)22-9-5-2-6-10-22/h1-18H. The van der Waals surface area contributed by atoms with E-state index in [9.17, 15) is 20.2 Å². The number of aromatic nitrogens is 3. The molecule has 5 aromatic rings. The molecule has 10 heteroatoms. The van der Waals surface area contributed by atoms with Gasteiger partial charge in [-0.15, -0.1) is 4.80 Å². The van der Waals surface area contributed by atoms with Gasteiger partial charge in [-0.3, -0.25) is 25.7 Å². The lowest BCUT2D eigenvalue weighted by Crippen LogP contribution is -2.40. The first-order valence-corrected chi connectivity index (χ1v) is 10.9. The average Bonchev–Trinajstić information content (AvgIpc) is 3.28. The summed E-state index contributed by atoms with van der Waals surface area (Å²) < 4.78 is 0. The summed E-state index contributed by atoms with van der Waals surface area (Å²) in [7, 11) is 0. The molecule has 0 aliphatic heterocycles. The van der Waals surface area contributed by atoms with Crippen LogP contribution in [-0.4, -0.2) is 19.7 Å². The maximum atomic E-state index is 11.2. The van der Waals surface area contributed by atoms with Gasteiger partial charge in [0.15, 0.2) is 5.69 Å². The van der Waals surface area contributed by atoms with Crippen molar-refractivity contribution in [2.24, 2.45) is 0 Å². The minimum atomic E-state index is -0.464. The van der Waals surface area contributed by atoms with E-state index in [-0.39, 0.29) is 11.4 Å². The van der Waals surface area contributed by atoms with E-state index in [1.165, 1.54) is 24.3 Å². The number of nitro benzene ring substituents is 2. The second kappa shape index (κ2) is 9.47. The quantitative estimate of drug-likeness (QED) is 0.167. The van der Waals surface area contributed by atoms with E-state index < -0.39 is 9.85 Å². The number of hydrogen-bond acceptors (Lipinski definition) is 5. The third-order valence-corrected chi connectivity index (χ3v) is 5.46. The molecule has 0 N–H and O–H groups in total. The van der Waals surface area contributed by atoms with Gasteiger partial charge in [-0.25, -0.2) is 0 Å². The summed E-state index contributed by atoms with van der Waals surface area (Å²) in [6, 6.07) is 30.9. The SMILES string of the molecule is O=[N+]([O-])c1ccc(-c2nn(-c3ccccc3)[n+]([N-]c3ccccc3)c2-c2ccc([N+](=O)[O-])cc2)cc1. The van der Waals surface area contributed by atoms with Crippen molar-refractivity contribution >= 4 is 17.1 Å². The first-order chi connectivity index (χ1) is 17.5. The predicted octanol–water partition coefficient (Wildman–Crippen LogP) is 5.78. The van der Waals surface area contributed by atoms with Crippen molar-refractivity contribution in [3.8, 4) is 28.2 Å². The van der Waals surface area contributed by atoms with E-state index in [0.717, 1.165) is 5.69 Å². The third kappa shape index (κ3) is 4.38. The van der Waals surface area contributed by atoms with E-state index in [0.29, 0.717) is 28.2 Å². The molecule has 4 aromatic carbocycles. The Kier molecular flexibility index (Phi) is 5.90. The fourth-order valence-corrected chi connectivity index (χ4v) is 3.73. The smallest absolute Gasteiger partial charge is 0.269 e. The van der Waals surface area contributed by atoms with Gasteiger partial charge >= 0.3 is 0 Å². The Morgan fingerprint density at radius 3 is 1.69 bits per heavy atom. The van der Waals surface area contributed by atoms with Crippen molar-refractivity contribution in [3.05, 3.63) is 135 Å². The van der Waals surface area contributed by atoms with Crippen LogP contribution in [0.5, 0.6) is 0 Å². The Labute approximate surface area is 204 Å². The Morgan fingerprint density at radius 2 is 1.17 bits per heavy atom. The highest BCUT2D eigenvalue weighted by atomic mass is 16.6. The van der Waals surface area contributed by atoms with Crippen LogP contribution in [0.1, 0.15) is 0 Å². The molecule has 10 nitrogen and oxygen atoms in total. The maximum Gasteiger partial charge on any atom is 0.269 e. The largest absolute Gasteiger partial charge is 0.271 e. The van der Waals surface area contributed by atoms with Crippen LogP contribution in [0.2, 0.25) is 0 Å². The summed E-state index contributed by atoms with van der Waals surface area (Å²) in [6.07, 6.45) is 0. The highest BCUT2D eigenvalue weighted by molar-refractivity contribution is 5.77. The second-order valence-electron chi connectivity index (χ2n) is 7.76. The van der Waals surface area contributed by atoms with E-state index in [4.69, 9.17) is 10.5 Å².